The van der Waals surface area contributed by atoms with Gasteiger partial charge in [-0.2, -0.15) is 4.40 Å². The Morgan fingerprint density at radius 1 is 1.25 bits per heavy atom. The van der Waals surface area contributed by atoms with Crippen LogP contribution in [0.5, 0.6) is 5.75 Å². The van der Waals surface area contributed by atoms with Crippen molar-refractivity contribution in [1.29, 1.82) is 0 Å². The summed E-state index contributed by atoms with van der Waals surface area (Å²) >= 11 is 0. The molecule has 1 aromatic rings. The van der Waals surface area contributed by atoms with E-state index >= 15 is 0 Å². The average molecular weight is 297 g/mol. The van der Waals surface area contributed by atoms with Crippen molar-refractivity contribution >= 4 is 16.7 Å². The van der Waals surface area contributed by atoms with Crippen molar-refractivity contribution in [3.8, 4) is 5.75 Å². The zero-order chi connectivity index (χ0) is 14.9. The van der Waals surface area contributed by atoms with Gasteiger partial charge in [-0.1, -0.05) is 0 Å². The summed E-state index contributed by atoms with van der Waals surface area (Å²) in [6.45, 7) is 5.59. The van der Waals surface area contributed by atoms with Gasteiger partial charge in [-0.25, -0.2) is 8.60 Å². The van der Waals surface area contributed by atoms with E-state index in [1.165, 1.54) is 6.07 Å². The van der Waals surface area contributed by atoms with Crippen LogP contribution in [-0.2, 0) is 17.4 Å². The van der Waals surface area contributed by atoms with Gasteiger partial charge in [-0.05, 0) is 58.6 Å². The summed E-state index contributed by atoms with van der Waals surface area (Å²) < 4.78 is 30.1. The number of hydrogen-bond donors (Lipinski definition) is 1. The molecule has 0 aliphatic heterocycles. The molecule has 0 saturated carbocycles. The molecule has 0 aromatic heterocycles. The highest BCUT2D eigenvalue weighted by atomic mass is 32.2. The smallest absolute Gasteiger partial charge is 0.168 e. The van der Waals surface area contributed by atoms with E-state index in [4.69, 9.17) is 0 Å². The maximum absolute atomic E-state index is 14.0. The third-order valence-electron chi connectivity index (χ3n) is 3.34. The molecule has 1 N–H and O–H groups in total. The van der Waals surface area contributed by atoms with E-state index in [0.717, 1.165) is 12.8 Å². The number of halogens is 1. The molecule has 0 unspecified atom stereocenters. The molecule has 3 nitrogen and oxygen atoms in total. The first-order valence-electron chi connectivity index (χ1n) is 6.81. The van der Waals surface area contributed by atoms with Crippen molar-refractivity contribution in [3.05, 3.63) is 29.1 Å². The lowest BCUT2D eigenvalue weighted by atomic mass is 10.0. The van der Waals surface area contributed by atoms with E-state index in [0.29, 0.717) is 29.7 Å². The molecule has 0 spiro atoms. The summed E-state index contributed by atoms with van der Waals surface area (Å²) in [5, 5.41) is 9.49. The Morgan fingerprint density at radius 3 is 2.55 bits per heavy atom. The molecule has 1 atom stereocenters. The molecule has 1 aliphatic carbocycles. The van der Waals surface area contributed by atoms with Gasteiger partial charge in [0.05, 0.1) is 10.5 Å². The Hall–Kier alpha value is -1.23. The van der Waals surface area contributed by atoms with Gasteiger partial charge in [-0.15, -0.1) is 0 Å². The summed E-state index contributed by atoms with van der Waals surface area (Å²) in [4.78, 5) is 0. The second-order valence-corrected chi connectivity index (χ2v) is 7.94. The van der Waals surface area contributed by atoms with Gasteiger partial charge in [0, 0.05) is 11.1 Å². The molecular weight excluding hydrogens is 277 g/mol. The fourth-order valence-electron chi connectivity index (χ4n) is 2.18. The fraction of sp³-hybridized carbons (Fsp3) is 0.533. The molecule has 0 bridgehead atoms. The van der Waals surface area contributed by atoms with E-state index in [1.807, 2.05) is 20.8 Å². The highest BCUT2D eigenvalue weighted by Gasteiger charge is 2.23. The minimum absolute atomic E-state index is 0.332. The fourth-order valence-corrected chi connectivity index (χ4v) is 2.85. The van der Waals surface area contributed by atoms with E-state index in [-0.39, 0.29) is 5.75 Å². The van der Waals surface area contributed by atoms with Crippen molar-refractivity contribution in [1.82, 2.24) is 0 Å². The predicted octanol–water partition coefficient (Wildman–Crippen LogP) is 3.51. The third-order valence-corrected chi connectivity index (χ3v) is 4.77. The molecule has 0 fully saturated rings. The molecule has 2 rings (SSSR count). The summed E-state index contributed by atoms with van der Waals surface area (Å²) in [6, 6.07) is 3.02. The maximum atomic E-state index is 14.0. The number of fused-ring (bicyclic) bond motifs is 1. The van der Waals surface area contributed by atoms with Gasteiger partial charge in [0.25, 0.3) is 0 Å². The van der Waals surface area contributed by atoms with Crippen molar-refractivity contribution in [2.75, 3.05) is 0 Å². The normalized spacial score (nSPS) is 19.5. The van der Waals surface area contributed by atoms with E-state index in [9.17, 15) is 13.7 Å². The number of phenolic OH excluding ortho intramolecular Hbond substituents is 1. The Balaban J connectivity index is 2.51. The minimum atomic E-state index is -1.36. The molecule has 1 aromatic carbocycles. The van der Waals surface area contributed by atoms with Crippen LogP contribution in [0.25, 0.3) is 0 Å². The molecular formula is C15H20FNO2S. The Kier molecular flexibility index (Phi) is 4.28. The van der Waals surface area contributed by atoms with Crippen molar-refractivity contribution in [2.24, 2.45) is 4.40 Å². The highest BCUT2D eigenvalue weighted by Crippen LogP contribution is 2.29. The van der Waals surface area contributed by atoms with Gasteiger partial charge < -0.3 is 5.11 Å². The first kappa shape index (κ1) is 15.2. The van der Waals surface area contributed by atoms with E-state index < -0.39 is 21.5 Å². The van der Waals surface area contributed by atoms with Gasteiger partial charge >= 0.3 is 0 Å². The number of rotatable bonds is 1. The van der Waals surface area contributed by atoms with E-state index in [1.54, 1.807) is 6.07 Å². The molecule has 1 aliphatic rings. The van der Waals surface area contributed by atoms with Gasteiger partial charge in [-0.3, -0.25) is 0 Å². The summed E-state index contributed by atoms with van der Waals surface area (Å²) in [6.07, 6.45) is 3.00. The SMILES string of the molecule is CC(C)(C)[S@](=O)N=C1CCCCc2c1ccc(O)c2F. The van der Waals surface area contributed by atoms with Gasteiger partial charge in [0.1, 0.15) is 11.0 Å². The maximum Gasteiger partial charge on any atom is 0.168 e. The third kappa shape index (κ3) is 3.08. The quantitative estimate of drug-likeness (QED) is 0.806. The van der Waals surface area contributed by atoms with Crippen molar-refractivity contribution < 1.29 is 13.7 Å². The summed E-state index contributed by atoms with van der Waals surface area (Å²) in [7, 11) is -1.36. The minimum Gasteiger partial charge on any atom is -0.505 e. The lowest BCUT2D eigenvalue weighted by Gasteiger charge is -2.16. The molecule has 0 amide bonds. The predicted molar refractivity (Wildman–Crippen MR) is 80.1 cm³/mol. The Morgan fingerprint density at radius 2 is 1.90 bits per heavy atom. The number of aromatic hydroxyl groups is 1. The number of benzene rings is 1. The summed E-state index contributed by atoms with van der Waals surface area (Å²) in [5.74, 6) is -0.902. The van der Waals surface area contributed by atoms with Crippen LogP contribution in [0.15, 0.2) is 16.5 Å². The van der Waals surface area contributed by atoms with Crippen LogP contribution in [-0.4, -0.2) is 19.8 Å². The van der Waals surface area contributed by atoms with E-state index in [2.05, 4.69) is 4.40 Å². The highest BCUT2D eigenvalue weighted by molar-refractivity contribution is 7.85. The molecule has 0 radical (unpaired) electrons. The zero-order valence-electron chi connectivity index (χ0n) is 12.1. The number of nitrogens with zero attached hydrogens (tertiary/aromatic N) is 1. The Bertz CT molecular complexity index is 576. The summed E-state index contributed by atoms with van der Waals surface area (Å²) in [5.41, 5.74) is 1.87. The lowest BCUT2D eigenvalue weighted by Crippen LogP contribution is -2.21. The van der Waals surface area contributed by atoms with Crippen LogP contribution in [0.4, 0.5) is 4.39 Å². The van der Waals surface area contributed by atoms with Crippen LogP contribution in [0.2, 0.25) is 0 Å². The topological polar surface area (TPSA) is 49.7 Å². The second-order valence-electron chi connectivity index (χ2n) is 6.03. The van der Waals surface area contributed by atoms with Crippen LogP contribution < -0.4 is 0 Å². The largest absolute Gasteiger partial charge is 0.505 e. The first-order chi connectivity index (χ1) is 9.30. The van der Waals surface area contributed by atoms with Gasteiger partial charge in [0.2, 0.25) is 0 Å². The molecule has 20 heavy (non-hydrogen) atoms. The van der Waals surface area contributed by atoms with Crippen LogP contribution in [0, 0.1) is 5.82 Å². The average Bonchev–Trinajstić information content (AvgIpc) is 2.56. The number of hydrogen-bond acceptors (Lipinski definition) is 2. The zero-order valence-corrected chi connectivity index (χ0v) is 12.9. The standard InChI is InChI=1S/C15H20FNO2S/c1-15(2,3)20(19)17-12-7-5-4-6-11-10(12)8-9-13(18)14(11)16/h8-9,18H,4-7H2,1-3H3/t20-/m0/s1. The van der Waals surface area contributed by atoms with Crippen LogP contribution in [0.1, 0.15) is 51.2 Å². The molecule has 0 heterocycles. The number of phenols is 1. The van der Waals surface area contributed by atoms with Crippen molar-refractivity contribution in [2.45, 2.75) is 51.2 Å². The Labute approximate surface area is 121 Å². The van der Waals surface area contributed by atoms with Crippen molar-refractivity contribution in [3.63, 3.8) is 0 Å². The van der Waals surface area contributed by atoms with Gasteiger partial charge in [0.15, 0.2) is 11.6 Å². The molecule has 110 valence electrons. The van der Waals surface area contributed by atoms with Crippen LogP contribution in [0.3, 0.4) is 0 Å². The first-order valence-corrected chi connectivity index (χ1v) is 7.91. The molecule has 5 heteroatoms. The van der Waals surface area contributed by atoms with Crippen LogP contribution >= 0.6 is 0 Å². The monoisotopic (exact) mass is 297 g/mol. The second kappa shape index (κ2) is 5.64. The molecule has 0 saturated heterocycles. The lowest BCUT2D eigenvalue weighted by molar-refractivity contribution is 0.428.